The lowest BCUT2D eigenvalue weighted by atomic mass is 10.0. The topological polar surface area (TPSA) is 66.5 Å². The average Bonchev–Trinajstić information content (AvgIpc) is 2.37. The number of anilines is 2. The van der Waals surface area contributed by atoms with Crippen molar-refractivity contribution in [3.8, 4) is 0 Å². The van der Waals surface area contributed by atoms with Crippen LogP contribution in [0.25, 0.3) is 0 Å². The molecule has 19 heavy (non-hydrogen) atoms. The first-order valence-corrected chi connectivity index (χ1v) is 7.96. The molecule has 5 nitrogen and oxygen atoms in total. The summed E-state index contributed by atoms with van der Waals surface area (Å²) < 4.78 is 25.5. The Labute approximate surface area is 113 Å². The van der Waals surface area contributed by atoms with E-state index in [1.165, 1.54) is 11.2 Å². The van der Waals surface area contributed by atoms with Gasteiger partial charge in [0.2, 0.25) is 15.9 Å². The highest BCUT2D eigenvalue weighted by atomic mass is 32.2. The number of sulfonamides is 1. The van der Waals surface area contributed by atoms with Crippen LogP contribution in [0.3, 0.4) is 0 Å². The molecule has 2 rings (SSSR count). The monoisotopic (exact) mass is 282 g/mol. The van der Waals surface area contributed by atoms with Gasteiger partial charge < -0.3 is 5.32 Å². The number of aryl methyl sites for hydroxylation is 1. The standard InChI is InChI=1S/C13H18N2O3S/c1-3-19(17,18)15-8-4-5-11-9-12(14-10(2)16)6-7-13(11)15/h6-7,9H,3-5,8H2,1-2H3,(H,14,16). The lowest BCUT2D eigenvalue weighted by Crippen LogP contribution is -2.36. The second-order valence-electron chi connectivity index (χ2n) is 4.60. The summed E-state index contributed by atoms with van der Waals surface area (Å²) in [5, 5.41) is 2.72. The third-order valence-electron chi connectivity index (χ3n) is 3.18. The Balaban J connectivity index is 2.39. The zero-order valence-corrected chi connectivity index (χ0v) is 12.0. The van der Waals surface area contributed by atoms with E-state index in [1.807, 2.05) is 6.07 Å². The Kier molecular flexibility index (Phi) is 3.80. The van der Waals surface area contributed by atoms with Gasteiger partial charge in [-0.3, -0.25) is 9.10 Å². The lowest BCUT2D eigenvalue weighted by molar-refractivity contribution is -0.114. The highest BCUT2D eigenvalue weighted by Gasteiger charge is 2.26. The summed E-state index contributed by atoms with van der Waals surface area (Å²) in [6.45, 7) is 3.63. The number of hydrogen-bond acceptors (Lipinski definition) is 3. The number of hydrogen-bond donors (Lipinski definition) is 1. The Morgan fingerprint density at radius 2 is 2.16 bits per heavy atom. The second kappa shape index (κ2) is 5.21. The molecule has 104 valence electrons. The fourth-order valence-electron chi connectivity index (χ4n) is 2.29. The molecule has 0 saturated heterocycles. The van der Waals surface area contributed by atoms with Gasteiger partial charge >= 0.3 is 0 Å². The molecule has 0 fully saturated rings. The number of rotatable bonds is 3. The van der Waals surface area contributed by atoms with E-state index in [9.17, 15) is 13.2 Å². The van der Waals surface area contributed by atoms with Crippen molar-refractivity contribution in [2.45, 2.75) is 26.7 Å². The maximum Gasteiger partial charge on any atom is 0.234 e. The predicted molar refractivity (Wildman–Crippen MR) is 75.9 cm³/mol. The number of nitrogens with zero attached hydrogens (tertiary/aromatic N) is 1. The molecule has 1 aliphatic rings. The van der Waals surface area contributed by atoms with Gasteiger partial charge in [-0.05, 0) is 43.5 Å². The van der Waals surface area contributed by atoms with Gasteiger partial charge in [0.25, 0.3) is 0 Å². The number of carbonyl (C=O) groups is 1. The van der Waals surface area contributed by atoms with Gasteiger partial charge in [0.05, 0.1) is 11.4 Å². The van der Waals surface area contributed by atoms with Gasteiger partial charge in [0.15, 0.2) is 0 Å². The van der Waals surface area contributed by atoms with Crippen molar-refractivity contribution in [2.24, 2.45) is 0 Å². The first kappa shape index (κ1) is 13.9. The van der Waals surface area contributed by atoms with E-state index in [0.29, 0.717) is 12.2 Å². The zero-order chi connectivity index (χ0) is 14.0. The van der Waals surface area contributed by atoms with Crippen LogP contribution in [0.2, 0.25) is 0 Å². The van der Waals surface area contributed by atoms with Crippen LogP contribution in [-0.4, -0.2) is 26.6 Å². The van der Waals surface area contributed by atoms with Crippen LogP contribution in [-0.2, 0) is 21.2 Å². The van der Waals surface area contributed by atoms with E-state index >= 15 is 0 Å². The van der Waals surface area contributed by atoms with Crippen LogP contribution < -0.4 is 9.62 Å². The molecule has 0 aliphatic carbocycles. The minimum absolute atomic E-state index is 0.0971. The van der Waals surface area contributed by atoms with E-state index in [4.69, 9.17) is 0 Å². The molecule has 1 heterocycles. The maximum atomic E-state index is 12.0. The van der Waals surface area contributed by atoms with Gasteiger partial charge in [-0.2, -0.15) is 0 Å². The largest absolute Gasteiger partial charge is 0.326 e. The molecule has 0 aromatic heterocycles. The number of carbonyl (C=O) groups excluding carboxylic acids is 1. The Bertz CT molecular complexity index is 596. The third kappa shape index (κ3) is 2.89. The number of amides is 1. The SMILES string of the molecule is CCS(=O)(=O)N1CCCc2cc(NC(C)=O)ccc21. The minimum atomic E-state index is -3.22. The van der Waals surface area contributed by atoms with Gasteiger partial charge in [-0.1, -0.05) is 0 Å². The summed E-state index contributed by atoms with van der Waals surface area (Å²) in [7, 11) is -3.22. The molecule has 0 saturated carbocycles. The Hall–Kier alpha value is -1.56. The van der Waals surface area contributed by atoms with Gasteiger partial charge in [0.1, 0.15) is 0 Å². The number of fused-ring (bicyclic) bond motifs is 1. The van der Waals surface area contributed by atoms with Crippen LogP contribution in [0.15, 0.2) is 18.2 Å². The van der Waals surface area contributed by atoms with Crippen LogP contribution in [0.4, 0.5) is 11.4 Å². The Morgan fingerprint density at radius 3 is 2.79 bits per heavy atom. The molecule has 0 unspecified atom stereocenters. The summed E-state index contributed by atoms with van der Waals surface area (Å²) in [5.41, 5.74) is 2.42. The van der Waals surface area contributed by atoms with Crippen molar-refractivity contribution in [1.29, 1.82) is 0 Å². The normalized spacial score (nSPS) is 14.9. The fourth-order valence-corrected chi connectivity index (χ4v) is 3.49. The van der Waals surface area contributed by atoms with Crippen molar-refractivity contribution in [3.05, 3.63) is 23.8 Å². The molecular formula is C13H18N2O3S. The second-order valence-corrected chi connectivity index (χ2v) is 6.78. The van der Waals surface area contributed by atoms with Crippen molar-refractivity contribution in [3.63, 3.8) is 0 Å². The average molecular weight is 282 g/mol. The van der Waals surface area contributed by atoms with Crippen molar-refractivity contribution in [1.82, 2.24) is 0 Å². The number of nitrogens with one attached hydrogen (secondary N) is 1. The van der Waals surface area contributed by atoms with Crippen LogP contribution >= 0.6 is 0 Å². The van der Waals surface area contributed by atoms with E-state index in [1.54, 1.807) is 19.1 Å². The predicted octanol–water partition coefficient (Wildman–Crippen LogP) is 1.75. The molecule has 0 spiro atoms. The molecule has 6 heteroatoms. The lowest BCUT2D eigenvalue weighted by Gasteiger charge is -2.30. The van der Waals surface area contributed by atoms with Gasteiger partial charge in [0, 0.05) is 19.2 Å². The van der Waals surface area contributed by atoms with Gasteiger partial charge in [-0.25, -0.2) is 8.42 Å². The molecule has 1 amide bonds. The maximum absolute atomic E-state index is 12.0. The number of benzene rings is 1. The molecule has 1 aliphatic heterocycles. The van der Waals surface area contributed by atoms with E-state index < -0.39 is 10.0 Å². The molecule has 0 radical (unpaired) electrons. The van der Waals surface area contributed by atoms with E-state index in [-0.39, 0.29) is 11.7 Å². The summed E-state index contributed by atoms with van der Waals surface area (Å²) in [4.78, 5) is 11.0. The first-order chi connectivity index (χ1) is 8.94. The summed E-state index contributed by atoms with van der Waals surface area (Å²) in [6, 6.07) is 5.37. The summed E-state index contributed by atoms with van der Waals surface area (Å²) >= 11 is 0. The van der Waals surface area contributed by atoms with Crippen molar-refractivity contribution in [2.75, 3.05) is 21.9 Å². The molecule has 1 N–H and O–H groups in total. The van der Waals surface area contributed by atoms with Crippen molar-refractivity contribution >= 4 is 27.3 Å². The smallest absolute Gasteiger partial charge is 0.234 e. The summed E-state index contributed by atoms with van der Waals surface area (Å²) in [6.07, 6.45) is 1.63. The van der Waals surface area contributed by atoms with E-state index in [0.717, 1.165) is 24.1 Å². The molecule has 0 atom stereocenters. The van der Waals surface area contributed by atoms with Crippen LogP contribution in [0.1, 0.15) is 25.8 Å². The molecule has 1 aromatic carbocycles. The van der Waals surface area contributed by atoms with Crippen molar-refractivity contribution < 1.29 is 13.2 Å². The first-order valence-electron chi connectivity index (χ1n) is 6.35. The fraction of sp³-hybridized carbons (Fsp3) is 0.462. The minimum Gasteiger partial charge on any atom is -0.326 e. The summed E-state index contributed by atoms with van der Waals surface area (Å²) in [5.74, 6) is -0.0336. The molecular weight excluding hydrogens is 264 g/mol. The highest BCUT2D eigenvalue weighted by Crippen LogP contribution is 2.31. The highest BCUT2D eigenvalue weighted by molar-refractivity contribution is 7.92. The van der Waals surface area contributed by atoms with E-state index in [2.05, 4.69) is 5.32 Å². The molecule has 1 aromatic rings. The van der Waals surface area contributed by atoms with Crippen LogP contribution in [0.5, 0.6) is 0 Å². The third-order valence-corrected chi connectivity index (χ3v) is 4.96. The van der Waals surface area contributed by atoms with Gasteiger partial charge in [-0.15, -0.1) is 0 Å². The Morgan fingerprint density at radius 1 is 1.42 bits per heavy atom. The zero-order valence-electron chi connectivity index (χ0n) is 11.1. The quantitative estimate of drug-likeness (QED) is 0.918. The molecule has 0 bridgehead atoms. The van der Waals surface area contributed by atoms with Crippen LogP contribution in [0, 0.1) is 0 Å².